The summed E-state index contributed by atoms with van der Waals surface area (Å²) < 4.78 is 5.20. The van der Waals surface area contributed by atoms with Crippen LogP contribution >= 0.6 is 0 Å². The van der Waals surface area contributed by atoms with Crippen LogP contribution in [-0.4, -0.2) is 40.0 Å². The Labute approximate surface area is 127 Å². The van der Waals surface area contributed by atoms with Crippen molar-refractivity contribution in [1.29, 1.82) is 0 Å². The second-order valence-electron chi connectivity index (χ2n) is 5.37. The number of likely N-dealkylation sites (tertiary alicyclic amines) is 1. The smallest absolute Gasteiger partial charge is 0.308 e. The molecule has 0 radical (unpaired) electrons. The normalized spacial score (nSPS) is 18.2. The zero-order valence-electron chi connectivity index (χ0n) is 11.9. The van der Waals surface area contributed by atoms with Crippen molar-refractivity contribution < 1.29 is 19.1 Å². The van der Waals surface area contributed by atoms with Crippen molar-refractivity contribution in [2.75, 3.05) is 13.1 Å². The fraction of sp³-hybridized carbons (Fsp3) is 0.312. The van der Waals surface area contributed by atoms with Gasteiger partial charge in [-0.1, -0.05) is 12.1 Å². The van der Waals surface area contributed by atoms with Crippen LogP contribution in [0, 0.1) is 5.92 Å². The number of nitrogens with zero attached hydrogens (tertiary/aromatic N) is 2. The highest BCUT2D eigenvalue weighted by Gasteiger charge is 2.28. The van der Waals surface area contributed by atoms with Gasteiger partial charge in [0.2, 0.25) is 0 Å². The number of benzene rings is 1. The fourth-order valence-electron chi connectivity index (χ4n) is 2.68. The minimum atomic E-state index is -0.835. The Morgan fingerprint density at radius 2 is 2.05 bits per heavy atom. The lowest BCUT2D eigenvalue weighted by Gasteiger charge is -2.30. The Bertz CT molecular complexity index is 664. The number of oxazole rings is 1. The van der Waals surface area contributed by atoms with Crippen molar-refractivity contribution in [2.45, 2.75) is 12.8 Å². The summed E-state index contributed by atoms with van der Waals surface area (Å²) >= 11 is 0. The summed E-state index contributed by atoms with van der Waals surface area (Å²) in [5, 5.41) is 9.10. The summed E-state index contributed by atoms with van der Waals surface area (Å²) in [5.41, 5.74) is 1.39. The van der Waals surface area contributed by atoms with Crippen molar-refractivity contribution in [3.63, 3.8) is 0 Å². The van der Waals surface area contributed by atoms with Crippen LogP contribution in [0.2, 0.25) is 0 Å². The van der Waals surface area contributed by atoms with Crippen LogP contribution in [0.15, 0.2) is 41.3 Å². The first kappa shape index (κ1) is 14.3. The van der Waals surface area contributed by atoms with E-state index in [0.29, 0.717) is 24.3 Å². The van der Waals surface area contributed by atoms with Gasteiger partial charge in [-0.2, -0.15) is 0 Å². The van der Waals surface area contributed by atoms with E-state index in [1.807, 2.05) is 0 Å². The van der Waals surface area contributed by atoms with Crippen molar-refractivity contribution in [3.05, 3.63) is 42.4 Å². The lowest BCUT2D eigenvalue weighted by molar-refractivity contribution is -0.143. The molecule has 1 fully saturated rings. The molecule has 1 aliphatic heterocycles. The first-order valence-corrected chi connectivity index (χ1v) is 7.16. The maximum Gasteiger partial charge on any atom is 0.308 e. The van der Waals surface area contributed by atoms with Gasteiger partial charge in [0, 0.05) is 24.2 Å². The summed E-state index contributed by atoms with van der Waals surface area (Å²) in [4.78, 5) is 29.0. The predicted molar refractivity (Wildman–Crippen MR) is 78.2 cm³/mol. The van der Waals surface area contributed by atoms with E-state index < -0.39 is 11.9 Å². The van der Waals surface area contributed by atoms with E-state index in [4.69, 9.17) is 9.52 Å². The number of rotatable bonds is 3. The van der Waals surface area contributed by atoms with E-state index in [2.05, 4.69) is 4.98 Å². The highest BCUT2D eigenvalue weighted by Crippen LogP contribution is 2.22. The van der Waals surface area contributed by atoms with E-state index in [1.54, 1.807) is 35.4 Å². The van der Waals surface area contributed by atoms with Crippen molar-refractivity contribution >= 4 is 11.9 Å². The Kier molecular flexibility index (Phi) is 3.91. The molecule has 0 bridgehead atoms. The third-order valence-corrected chi connectivity index (χ3v) is 3.91. The predicted octanol–water partition coefficient (Wildman–Crippen LogP) is 2.28. The van der Waals surface area contributed by atoms with Gasteiger partial charge in [-0.15, -0.1) is 0 Å². The van der Waals surface area contributed by atoms with Crippen LogP contribution in [0.1, 0.15) is 23.2 Å². The third kappa shape index (κ3) is 2.86. The molecule has 1 saturated heterocycles. The molecule has 114 valence electrons. The van der Waals surface area contributed by atoms with Crippen molar-refractivity contribution in [2.24, 2.45) is 5.92 Å². The topological polar surface area (TPSA) is 83.6 Å². The molecule has 1 aromatic carbocycles. The Morgan fingerprint density at radius 3 is 2.68 bits per heavy atom. The molecule has 1 atom stereocenters. The molecule has 2 heterocycles. The average Bonchev–Trinajstić information content (AvgIpc) is 3.09. The molecule has 3 rings (SSSR count). The molecule has 0 saturated carbocycles. The number of aliphatic carboxylic acids is 1. The largest absolute Gasteiger partial charge is 0.481 e. The summed E-state index contributed by atoms with van der Waals surface area (Å²) in [6.07, 6.45) is 4.31. The SMILES string of the molecule is O=C(O)C1CCCN(C(=O)c2ccc(-c3cnco3)cc2)C1. The Morgan fingerprint density at radius 1 is 1.27 bits per heavy atom. The monoisotopic (exact) mass is 300 g/mol. The standard InChI is InChI=1S/C16H16N2O4/c19-15(18-7-1-2-13(9-18)16(20)21)12-5-3-11(4-6-12)14-8-17-10-22-14/h3-6,8,10,13H,1-2,7,9H2,(H,20,21). The van der Waals surface area contributed by atoms with Gasteiger partial charge in [0.15, 0.2) is 12.2 Å². The van der Waals surface area contributed by atoms with E-state index >= 15 is 0 Å². The maximum atomic E-state index is 12.5. The van der Waals surface area contributed by atoms with E-state index in [0.717, 1.165) is 12.0 Å². The van der Waals surface area contributed by atoms with Crippen LogP contribution in [0.5, 0.6) is 0 Å². The minimum Gasteiger partial charge on any atom is -0.481 e. The zero-order chi connectivity index (χ0) is 15.5. The van der Waals surface area contributed by atoms with Crippen LogP contribution < -0.4 is 0 Å². The van der Waals surface area contributed by atoms with Gasteiger partial charge in [-0.3, -0.25) is 9.59 Å². The van der Waals surface area contributed by atoms with Gasteiger partial charge in [0.1, 0.15) is 0 Å². The number of hydrogen-bond donors (Lipinski definition) is 1. The maximum absolute atomic E-state index is 12.5. The number of hydrogen-bond acceptors (Lipinski definition) is 4. The number of carbonyl (C=O) groups is 2. The number of piperidine rings is 1. The van der Waals surface area contributed by atoms with Crippen LogP contribution in [-0.2, 0) is 4.79 Å². The molecule has 1 N–H and O–H groups in total. The highest BCUT2D eigenvalue weighted by atomic mass is 16.4. The summed E-state index contributed by atoms with van der Waals surface area (Å²) in [7, 11) is 0. The Hall–Kier alpha value is -2.63. The summed E-state index contributed by atoms with van der Waals surface area (Å²) in [5.74, 6) is -0.790. The van der Waals surface area contributed by atoms with Gasteiger partial charge in [0.25, 0.3) is 5.91 Å². The van der Waals surface area contributed by atoms with E-state index in [9.17, 15) is 9.59 Å². The number of carboxylic acid groups (broad SMARTS) is 1. The number of aromatic nitrogens is 1. The van der Waals surface area contributed by atoms with Gasteiger partial charge in [-0.25, -0.2) is 4.98 Å². The molecule has 6 heteroatoms. The molecular weight excluding hydrogens is 284 g/mol. The van der Waals surface area contributed by atoms with Crippen LogP contribution in [0.3, 0.4) is 0 Å². The molecule has 1 aliphatic rings. The van der Waals surface area contributed by atoms with Crippen molar-refractivity contribution in [3.8, 4) is 11.3 Å². The van der Waals surface area contributed by atoms with Crippen LogP contribution in [0.25, 0.3) is 11.3 Å². The molecule has 2 aromatic rings. The molecule has 0 aliphatic carbocycles. The third-order valence-electron chi connectivity index (χ3n) is 3.91. The molecule has 1 amide bonds. The summed E-state index contributed by atoms with van der Waals surface area (Å²) in [6, 6.07) is 7.05. The molecule has 1 unspecified atom stereocenters. The quantitative estimate of drug-likeness (QED) is 0.940. The van der Waals surface area contributed by atoms with Gasteiger partial charge in [0.05, 0.1) is 12.1 Å². The molecule has 6 nitrogen and oxygen atoms in total. The van der Waals surface area contributed by atoms with E-state index in [1.165, 1.54) is 6.39 Å². The molecule has 0 spiro atoms. The number of amides is 1. The second-order valence-corrected chi connectivity index (χ2v) is 5.37. The lowest BCUT2D eigenvalue weighted by Crippen LogP contribution is -2.42. The first-order valence-electron chi connectivity index (χ1n) is 7.16. The summed E-state index contributed by atoms with van der Waals surface area (Å²) in [6.45, 7) is 0.879. The van der Waals surface area contributed by atoms with Crippen LogP contribution in [0.4, 0.5) is 0 Å². The van der Waals surface area contributed by atoms with Crippen molar-refractivity contribution in [1.82, 2.24) is 9.88 Å². The molecule has 22 heavy (non-hydrogen) atoms. The number of carboxylic acids is 1. The molecular formula is C16H16N2O4. The zero-order valence-corrected chi connectivity index (χ0v) is 11.9. The fourth-order valence-corrected chi connectivity index (χ4v) is 2.68. The first-order chi connectivity index (χ1) is 10.6. The molecule has 1 aromatic heterocycles. The average molecular weight is 300 g/mol. The van der Waals surface area contributed by atoms with Gasteiger partial charge in [-0.05, 0) is 25.0 Å². The second kappa shape index (κ2) is 6.01. The lowest BCUT2D eigenvalue weighted by atomic mass is 9.97. The highest BCUT2D eigenvalue weighted by molar-refractivity contribution is 5.95. The van der Waals surface area contributed by atoms with Gasteiger partial charge >= 0.3 is 5.97 Å². The minimum absolute atomic E-state index is 0.130. The Balaban J connectivity index is 1.73. The number of carbonyl (C=O) groups excluding carboxylic acids is 1. The van der Waals surface area contributed by atoms with Gasteiger partial charge < -0.3 is 14.4 Å². The van der Waals surface area contributed by atoms with E-state index in [-0.39, 0.29) is 12.5 Å².